The topological polar surface area (TPSA) is 44.3 Å². The third-order valence-corrected chi connectivity index (χ3v) is 1.44. The first-order chi connectivity index (χ1) is 3.93. The molecule has 0 bridgehead atoms. The van der Waals surface area contributed by atoms with Gasteiger partial charge in [-0.15, -0.1) is 0 Å². The number of aliphatic hydroxyl groups is 1. The maximum Gasteiger partial charge on any atom is 0.0434 e. The largest absolute Gasteiger partial charge is 0.396 e. The summed E-state index contributed by atoms with van der Waals surface area (Å²) >= 11 is 0. The van der Waals surface area contributed by atoms with Crippen molar-refractivity contribution in [1.29, 1.82) is 0 Å². The van der Waals surface area contributed by atoms with E-state index in [-0.39, 0.29) is 0 Å². The first kappa shape index (κ1) is 6.01. The Balaban J connectivity index is 2.06. The molecular weight excluding hydrogens is 104 g/mol. The van der Waals surface area contributed by atoms with Crippen LogP contribution in [0, 0.1) is 5.92 Å². The van der Waals surface area contributed by atoms with Gasteiger partial charge >= 0.3 is 0 Å². The van der Waals surface area contributed by atoms with Gasteiger partial charge in [0.25, 0.3) is 0 Å². The van der Waals surface area contributed by atoms with Gasteiger partial charge in [0.2, 0.25) is 0 Å². The summed E-state index contributed by atoms with van der Waals surface area (Å²) in [5.74, 6) is 0.639. The quantitative estimate of drug-likeness (QED) is 0.438. The lowest BCUT2D eigenvalue weighted by molar-refractivity contribution is 0.265. The third-order valence-electron chi connectivity index (χ3n) is 1.44. The highest BCUT2D eigenvalue weighted by atomic mass is 16.3. The minimum atomic E-state index is 0.314. The minimum Gasteiger partial charge on any atom is -0.396 e. The summed E-state index contributed by atoms with van der Waals surface area (Å²) in [6.07, 6.45) is 0.917. The number of nitrogens with one attached hydrogen (secondary N) is 2. The van der Waals surface area contributed by atoms with Crippen LogP contribution in [0.1, 0.15) is 6.42 Å². The summed E-state index contributed by atoms with van der Waals surface area (Å²) in [4.78, 5) is 0. The van der Waals surface area contributed by atoms with Gasteiger partial charge in [-0.1, -0.05) is 0 Å². The van der Waals surface area contributed by atoms with Crippen LogP contribution in [-0.4, -0.2) is 24.8 Å². The Morgan fingerprint density at radius 3 is 2.50 bits per heavy atom. The molecule has 3 N–H and O–H groups in total. The third kappa shape index (κ3) is 1.43. The lowest BCUT2D eigenvalue weighted by Gasteiger charge is -2.00. The van der Waals surface area contributed by atoms with Crippen LogP contribution in [0.15, 0.2) is 0 Å². The van der Waals surface area contributed by atoms with E-state index < -0.39 is 0 Å². The average molecular weight is 116 g/mol. The predicted molar refractivity (Wildman–Crippen MR) is 31.2 cm³/mol. The highest BCUT2D eigenvalue weighted by Gasteiger charge is 2.11. The van der Waals surface area contributed by atoms with E-state index in [1.165, 1.54) is 0 Å². The average Bonchev–Trinajstić information content (AvgIpc) is 2.19. The highest BCUT2D eigenvalue weighted by molar-refractivity contribution is 4.67. The molecule has 0 aromatic carbocycles. The van der Waals surface area contributed by atoms with Gasteiger partial charge in [0.1, 0.15) is 0 Å². The van der Waals surface area contributed by atoms with Gasteiger partial charge in [0.05, 0.1) is 0 Å². The molecule has 3 heteroatoms. The van der Waals surface area contributed by atoms with Gasteiger partial charge in [0.15, 0.2) is 0 Å². The number of aliphatic hydroxyl groups excluding tert-OH is 1. The molecule has 1 heterocycles. The van der Waals surface area contributed by atoms with Gasteiger partial charge < -0.3 is 5.11 Å². The van der Waals surface area contributed by atoms with E-state index in [2.05, 4.69) is 10.9 Å². The van der Waals surface area contributed by atoms with Crippen molar-refractivity contribution in [3.63, 3.8) is 0 Å². The summed E-state index contributed by atoms with van der Waals surface area (Å²) < 4.78 is 0. The SMILES string of the molecule is OCCC1CNNC1. The van der Waals surface area contributed by atoms with E-state index in [1.807, 2.05) is 0 Å². The summed E-state index contributed by atoms with van der Waals surface area (Å²) in [6, 6.07) is 0. The van der Waals surface area contributed by atoms with Gasteiger partial charge in [-0.3, -0.25) is 10.9 Å². The zero-order valence-electron chi connectivity index (χ0n) is 4.85. The van der Waals surface area contributed by atoms with Gasteiger partial charge in [-0.2, -0.15) is 0 Å². The fourth-order valence-electron chi connectivity index (χ4n) is 0.892. The van der Waals surface area contributed by atoms with Crippen LogP contribution < -0.4 is 10.9 Å². The molecule has 1 fully saturated rings. The molecule has 0 spiro atoms. The Hall–Kier alpha value is -0.120. The molecule has 0 unspecified atom stereocenters. The normalized spacial score (nSPS) is 22.1. The van der Waals surface area contributed by atoms with Crippen molar-refractivity contribution >= 4 is 0 Å². The molecule has 3 nitrogen and oxygen atoms in total. The fraction of sp³-hybridized carbons (Fsp3) is 1.00. The molecule has 0 atom stereocenters. The Bertz CT molecular complexity index is 61.4. The first-order valence-electron chi connectivity index (χ1n) is 3.00. The van der Waals surface area contributed by atoms with Crippen molar-refractivity contribution in [3.8, 4) is 0 Å². The Kier molecular flexibility index (Phi) is 2.27. The van der Waals surface area contributed by atoms with Gasteiger partial charge in [-0.25, -0.2) is 0 Å². The van der Waals surface area contributed by atoms with Crippen LogP contribution in [0.2, 0.25) is 0 Å². The van der Waals surface area contributed by atoms with E-state index >= 15 is 0 Å². The van der Waals surface area contributed by atoms with Crippen LogP contribution in [0.3, 0.4) is 0 Å². The van der Waals surface area contributed by atoms with Crippen molar-refractivity contribution in [2.45, 2.75) is 6.42 Å². The van der Waals surface area contributed by atoms with E-state index in [0.717, 1.165) is 19.5 Å². The van der Waals surface area contributed by atoms with E-state index in [0.29, 0.717) is 12.5 Å². The smallest absolute Gasteiger partial charge is 0.0434 e. The van der Waals surface area contributed by atoms with Crippen molar-refractivity contribution in [1.82, 2.24) is 10.9 Å². The Morgan fingerprint density at radius 2 is 2.00 bits per heavy atom. The van der Waals surface area contributed by atoms with Crippen LogP contribution in [-0.2, 0) is 0 Å². The zero-order valence-corrected chi connectivity index (χ0v) is 4.85. The second-order valence-corrected chi connectivity index (χ2v) is 2.14. The first-order valence-corrected chi connectivity index (χ1v) is 3.00. The van der Waals surface area contributed by atoms with Crippen molar-refractivity contribution in [2.75, 3.05) is 19.7 Å². The molecule has 0 aromatic heterocycles. The molecule has 1 saturated heterocycles. The molecule has 0 radical (unpaired) electrons. The minimum absolute atomic E-state index is 0.314. The lowest BCUT2D eigenvalue weighted by Crippen LogP contribution is -2.21. The van der Waals surface area contributed by atoms with Crippen molar-refractivity contribution in [2.24, 2.45) is 5.92 Å². The molecule has 0 aromatic rings. The molecule has 1 rings (SSSR count). The van der Waals surface area contributed by atoms with Crippen LogP contribution in [0.4, 0.5) is 0 Å². The van der Waals surface area contributed by atoms with Crippen molar-refractivity contribution < 1.29 is 5.11 Å². The number of hydrogen-bond acceptors (Lipinski definition) is 3. The van der Waals surface area contributed by atoms with Crippen molar-refractivity contribution in [3.05, 3.63) is 0 Å². The van der Waals surface area contributed by atoms with Gasteiger partial charge in [-0.05, 0) is 12.3 Å². The number of rotatable bonds is 2. The van der Waals surface area contributed by atoms with E-state index in [4.69, 9.17) is 5.11 Å². The summed E-state index contributed by atoms with van der Waals surface area (Å²) in [6.45, 7) is 2.31. The second-order valence-electron chi connectivity index (χ2n) is 2.14. The second kappa shape index (κ2) is 3.02. The lowest BCUT2D eigenvalue weighted by atomic mass is 10.1. The maximum absolute atomic E-state index is 8.47. The molecule has 48 valence electrons. The highest BCUT2D eigenvalue weighted by Crippen LogP contribution is 2.01. The number of hydrazine groups is 1. The molecule has 0 amide bonds. The molecule has 1 aliphatic rings. The van der Waals surface area contributed by atoms with Crippen LogP contribution in [0.25, 0.3) is 0 Å². The molecule has 0 saturated carbocycles. The fourth-order valence-corrected chi connectivity index (χ4v) is 0.892. The zero-order chi connectivity index (χ0) is 5.82. The standard InChI is InChI=1S/C5H12N2O/c8-2-1-5-3-6-7-4-5/h5-8H,1-4H2. The summed E-state index contributed by atoms with van der Waals surface area (Å²) in [7, 11) is 0. The molecule has 8 heavy (non-hydrogen) atoms. The maximum atomic E-state index is 8.47. The Labute approximate surface area is 49.1 Å². The van der Waals surface area contributed by atoms with E-state index in [1.54, 1.807) is 0 Å². The monoisotopic (exact) mass is 116 g/mol. The molecular formula is C5H12N2O. The summed E-state index contributed by atoms with van der Waals surface area (Å²) in [5.41, 5.74) is 5.99. The molecule has 0 aliphatic carbocycles. The predicted octanol–water partition coefficient (Wildman–Crippen LogP) is -0.907. The van der Waals surface area contributed by atoms with E-state index in [9.17, 15) is 0 Å². The molecule has 1 aliphatic heterocycles. The number of hydrogen-bond donors (Lipinski definition) is 3. The van der Waals surface area contributed by atoms with Gasteiger partial charge in [0, 0.05) is 19.7 Å². The Morgan fingerprint density at radius 1 is 1.38 bits per heavy atom. The van der Waals surface area contributed by atoms with Crippen LogP contribution >= 0.6 is 0 Å². The van der Waals surface area contributed by atoms with Crippen LogP contribution in [0.5, 0.6) is 0 Å². The summed E-state index contributed by atoms with van der Waals surface area (Å²) in [5, 5.41) is 8.47.